The maximum absolute atomic E-state index is 13.4. The van der Waals surface area contributed by atoms with E-state index in [4.69, 9.17) is 4.74 Å². The number of amides is 1. The van der Waals surface area contributed by atoms with Crippen molar-refractivity contribution in [3.05, 3.63) is 16.0 Å². The van der Waals surface area contributed by atoms with Gasteiger partial charge in [-0.2, -0.15) is 0 Å². The van der Waals surface area contributed by atoms with Crippen molar-refractivity contribution in [2.24, 2.45) is 11.8 Å². The Morgan fingerprint density at radius 1 is 1.38 bits per heavy atom. The molecule has 24 heavy (non-hydrogen) atoms. The van der Waals surface area contributed by atoms with Gasteiger partial charge in [0.05, 0.1) is 5.56 Å². The number of ether oxygens (including phenoxy) is 1. The van der Waals surface area contributed by atoms with Gasteiger partial charge < -0.3 is 15.4 Å². The lowest BCUT2D eigenvalue weighted by Crippen LogP contribution is -2.29. The molecule has 0 radical (unpaired) electrons. The molecular weight excluding hydrogens is 327 g/mol. The SMILES string of the molecule is COC(Nc1sc2c(c1C(=O)NCC1CC1)CCCC2)C1CC1F. The van der Waals surface area contributed by atoms with E-state index < -0.39 is 6.17 Å². The molecule has 1 amide bonds. The van der Waals surface area contributed by atoms with Gasteiger partial charge in [0.15, 0.2) is 0 Å². The van der Waals surface area contributed by atoms with E-state index in [1.165, 1.54) is 29.7 Å². The zero-order valence-corrected chi connectivity index (χ0v) is 14.9. The van der Waals surface area contributed by atoms with Crippen molar-refractivity contribution in [2.75, 3.05) is 19.0 Å². The summed E-state index contributed by atoms with van der Waals surface area (Å²) >= 11 is 1.66. The molecule has 2 N–H and O–H groups in total. The summed E-state index contributed by atoms with van der Waals surface area (Å²) in [5, 5.41) is 7.28. The van der Waals surface area contributed by atoms with Gasteiger partial charge in [0.2, 0.25) is 0 Å². The number of halogens is 1. The average molecular weight is 352 g/mol. The molecule has 0 bridgehead atoms. The number of rotatable bonds is 7. The predicted octanol–water partition coefficient (Wildman–Crippen LogP) is 3.51. The number of nitrogens with one attached hydrogen (secondary N) is 2. The van der Waals surface area contributed by atoms with Crippen LogP contribution in [0, 0.1) is 11.8 Å². The lowest BCUT2D eigenvalue weighted by atomic mass is 9.95. The fourth-order valence-electron chi connectivity index (χ4n) is 3.52. The minimum atomic E-state index is -0.788. The van der Waals surface area contributed by atoms with Gasteiger partial charge in [0.25, 0.3) is 5.91 Å². The Balaban J connectivity index is 1.56. The van der Waals surface area contributed by atoms with E-state index in [9.17, 15) is 9.18 Å². The normalized spacial score (nSPS) is 26.6. The Morgan fingerprint density at radius 3 is 2.79 bits per heavy atom. The molecule has 4 rings (SSSR count). The Bertz CT molecular complexity index is 629. The number of anilines is 1. The number of carbonyl (C=O) groups excluding carboxylic acids is 1. The van der Waals surface area contributed by atoms with Crippen molar-refractivity contribution in [3.8, 4) is 0 Å². The highest BCUT2D eigenvalue weighted by Gasteiger charge is 2.45. The van der Waals surface area contributed by atoms with Gasteiger partial charge in [0, 0.05) is 24.4 Å². The number of hydrogen-bond donors (Lipinski definition) is 2. The van der Waals surface area contributed by atoms with Crippen LogP contribution in [0.4, 0.5) is 9.39 Å². The van der Waals surface area contributed by atoms with Crippen molar-refractivity contribution < 1.29 is 13.9 Å². The number of alkyl halides is 1. The Hall–Kier alpha value is -1.14. The molecule has 1 aromatic heterocycles. The van der Waals surface area contributed by atoms with Crippen LogP contribution in [0.15, 0.2) is 0 Å². The second kappa shape index (κ2) is 6.64. The number of fused-ring (bicyclic) bond motifs is 1. The van der Waals surface area contributed by atoms with Crippen LogP contribution in [0.2, 0.25) is 0 Å². The summed E-state index contributed by atoms with van der Waals surface area (Å²) in [7, 11) is 1.60. The molecular formula is C18H25FN2O2S. The van der Waals surface area contributed by atoms with Crippen LogP contribution in [0.3, 0.4) is 0 Å². The number of methoxy groups -OCH3 is 1. The Kier molecular flexibility index (Phi) is 4.52. The smallest absolute Gasteiger partial charge is 0.254 e. The second-order valence-electron chi connectivity index (χ2n) is 7.28. The van der Waals surface area contributed by atoms with Crippen LogP contribution in [-0.2, 0) is 17.6 Å². The molecule has 2 fully saturated rings. The third-order valence-corrected chi connectivity index (χ3v) is 6.54. The van der Waals surface area contributed by atoms with Crippen LogP contribution in [0.25, 0.3) is 0 Å². The zero-order valence-electron chi connectivity index (χ0n) is 14.1. The fraction of sp³-hybridized carbons (Fsp3) is 0.722. The molecule has 2 saturated carbocycles. The van der Waals surface area contributed by atoms with E-state index in [1.54, 1.807) is 18.4 Å². The van der Waals surface area contributed by atoms with Gasteiger partial charge in [-0.3, -0.25) is 4.79 Å². The molecule has 6 heteroatoms. The van der Waals surface area contributed by atoms with Crippen molar-refractivity contribution in [1.29, 1.82) is 0 Å². The largest absolute Gasteiger partial charge is 0.361 e. The van der Waals surface area contributed by atoms with Gasteiger partial charge in [-0.25, -0.2) is 4.39 Å². The average Bonchev–Trinajstić information content (AvgIpc) is 3.49. The molecule has 3 unspecified atom stereocenters. The highest BCUT2D eigenvalue weighted by atomic mass is 32.1. The summed E-state index contributed by atoms with van der Waals surface area (Å²) in [5.74, 6) is 0.577. The maximum Gasteiger partial charge on any atom is 0.254 e. The van der Waals surface area contributed by atoms with E-state index in [0.717, 1.165) is 36.4 Å². The van der Waals surface area contributed by atoms with Gasteiger partial charge in [-0.05, 0) is 56.4 Å². The molecule has 1 heterocycles. The summed E-state index contributed by atoms with van der Waals surface area (Å²) in [6, 6.07) is 0. The third kappa shape index (κ3) is 3.31. The summed E-state index contributed by atoms with van der Waals surface area (Å²) in [6.07, 6.45) is 6.16. The molecule has 1 aromatic rings. The number of thiophene rings is 1. The highest BCUT2D eigenvalue weighted by Crippen LogP contribution is 2.42. The fourth-order valence-corrected chi connectivity index (χ4v) is 4.83. The highest BCUT2D eigenvalue weighted by molar-refractivity contribution is 7.16. The molecule has 0 aliphatic heterocycles. The van der Waals surface area contributed by atoms with Crippen LogP contribution in [-0.4, -0.2) is 32.0 Å². The van der Waals surface area contributed by atoms with E-state index in [-0.39, 0.29) is 18.1 Å². The molecule has 0 saturated heterocycles. The van der Waals surface area contributed by atoms with Crippen molar-refractivity contribution in [3.63, 3.8) is 0 Å². The van der Waals surface area contributed by atoms with Crippen molar-refractivity contribution >= 4 is 22.2 Å². The molecule has 4 nitrogen and oxygen atoms in total. The molecule has 3 atom stereocenters. The number of hydrogen-bond acceptors (Lipinski definition) is 4. The summed E-state index contributed by atoms with van der Waals surface area (Å²) < 4.78 is 18.9. The van der Waals surface area contributed by atoms with E-state index in [2.05, 4.69) is 10.6 Å². The van der Waals surface area contributed by atoms with Gasteiger partial charge in [-0.15, -0.1) is 11.3 Å². The molecule has 3 aliphatic rings. The van der Waals surface area contributed by atoms with Gasteiger partial charge in [0.1, 0.15) is 17.4 Å². The Morgan fingerprint density at radius 2 is 2.12 bits per heavy atom. The van der Waals surface area contributed by atoms with E-state index in [0.29, 0.717) is 12.3 Å². The minimum absolute atomic E-state index is 0.0197. The van der Waals surface area contributed by atoms with Crippen LogP contribution >= 0.6 is 11.3 Å². The van der Waals surface area contributed by atoms with Crippen LogP contribution in [0.1, 0.15) is 52.9 Å². The maximum atomic E-state index is 13.4. The van der Waals surface area contributed by atoms with E-state index in [1.807, 2.05) is 0 Å². The molecule has 0 aromatic carbocycles. The first kappa shape index (κ1) is 16.3. The lowest BCUT2D eigenvalue weighted by Gasteiger charge is -2.18. The predicted molar refractivity (Wildman–Crippen MR) is 93.4 cm³/mol. The first-order valence-electron chi connectivity index (χ1n) is 9.03. The number of carbonyl (C=O) groups is 1. The number of aryl methyl sites for hydroxylation is 1. The summed E-state index contributed by atoms with van der Waals surface area (Å²) in [4.78, 5) is 14.1. The quantitative estimate of drug-likeness (QED) is 0.739. The summed E-state index contributed by atoms with van der Waals surface area (Å²) in [5.41, 5.74) is 1.98. The van der Waals surface area contributed by atoms with Crippen LogP contribution < -0.4 is 10.6 Å². The monoisotopic (exact) mass is 352 g/mol. The minimum Gasteiger partial charge on any atom is -0.361 e. The van der Waals surface area contributed by atoms with E-state index >= 15 is 0 Å². The Labute approximate surface area is 146 Å². The van der Waals surface area contributed by atoms with Gasteiger partial charge in [-0.1, -0.05) is 0 Å². The standard InChI is InChI=1S/C18H25FN2O2S/c1-23-17(12-8-13(12)19)21-18-15(16(22)20-9-10-6-7-10)11-4-2-3-5-14(11)24-18/h10,12-13,17,21H,2-9H2,1H3,(H,20,22). The van der Waals surface area contributed by atoms with Crippen molar-refractivity contribution in [2.45, 2.75) is 57.3 Å². The van der Waals surface area contributed by atoms with Gasteiger partial charge >= 0.3 is 0 Å². The van der Waals surface area contributed by atoms with Crippen molar-refractivity contribution in [1.82, 2.24) is 5.32 Å². The third-order valence-electron chi connectivity index (χ3n) is 5.32. The molecule has 132 valence electrons. The second-order valence-corrected chi connectivity index (χ2v) is 8.39. The molecule has 0 spiro atoms. The summed E-state index contributed by atoms with van der Waals surface area (Å²) in [6.45, 7) is 0.770. The molecule has 3 aliphatic carbocycles. The first-order chi connectivity index (χ1) is 11.7. The lowest BCUT2D eigenvalue weighted by molar-refractivity contribution is 0.0946. The topological polar surface area (TPSA) is 50.4 Å². The van der Waals surface area contributed by atoms with Crippen LogP contribution in [0.5, 0.6) is 0 Å². The first-order valence-corrected chi connectivity index (χ1v) is 9.85. The zero-order chi connectivity index (χ0) is 16.7.